The van der Waals surface area contributed by atoms with Crippen LogP contribution in [0.1, 0.15) is 12.8 Å². The molecule has 1 aromatic carbocycles. The normalized spacial score (nSPS) is 25.6. The van der Waals surface area contributed by atoms with Gasteiger partial charge in [-0.3, -0.25) is 0 Å². The smallest absolute Gasteiger partial charge is 0.147 e. The standard InChI is InChI=1S/C10H12ClFN2/c11-6-1-2-10(9(12)3-6)14-8-4-7(13)5-8/h1-3,7-8,14H,4-5,13H2. The highest BCUT2D eigenvalue weighted by Crippen LogP contribution is 2.25. The van der Waals surface area contributed by atoms with Gasteiger partial charge in [0.2, 0.25) is 0 Å². The molecule has 1 aromatic rings. The summed E-state index contributed by atoms with van der Waals surface area (Å²) in [5.41, 5.74) is 6.14. The minimum absolute atomic E-state index is 0.267. The number of anilines is 1. The van der Waals surface area contributed by atoms with Crippen molar-refractivity contribution in [1.82, 2.24) is 0 Å². The Hall–Kier alpha value is -0.800. The fraction of sp³-hybridized carbons (Fsp3) is 0.400. The molecule has 0 aliphatic heterocycles. The van der Waals surface area contributed by atoms with Crippen LogP contribution in [0.4, 0.5) is 10.1 Å². The van der Waals surface area contributed by atoms with Crippen molar-refractivity contribution in [3.05, 3.63) is 29.0 Å². The Morgan fingerprint density at radius 2 is 2.14 bits per heavy atom. The maximum atomic E-state index is 13.3. The highest BCUT2D eigenvalue weighted by molar-refractivity contribution is 6.30. The lowest BCUT2D eigenvalue weighted by atomic mass is 9.87. The number of hydrogen-bond acceptors (Lipinski definition) is 2. The molecular weight excluding hydrogens is 203 g/mol. The molecule has 0 spiro atoms. The van der Waals surface area contributed by atoms with Crippen LogP contribution in [-0.4, -0.2) is 12.1 Å². The molecule has 0 saturated heterocycles. The van der Waals surface area contributed by atoms with Gasteiger partial charge in [0.05, 0.1) is 5.69 Å². The summed E-state index contributed by atoms with van der Waals surface area (Å²) in [6, 6.07) is 5.21. The highest BCUT2D eigenvalue weighted by atomic mass is 35.5. The van der Waals surface area contributed by atoms with Crippen molar-refractivity contribution in [2.75, 3.05) is 5.32 Å². The zero-order valence-electron chi connectivity index (χ0n) is 7.63. The first kappa shape index (κ1) is 9.74. The summed E-state index contributed by atoms with van der Waals surface area (Å²) >= 11 is 5.64. The van der Waals surface area contributed by atoms with Crippen LogP contribution in [0, 0.1) is 5.82 Å². The van der Waals surface area contributed by atoms with E-state index in [1.165, 1.54) is 6.07 Å². The average Bonchev–Trinajstić information content (AvgIpc) is 2.06. The molecule has 0 amide bonds. The van der Waals surface area contributed by atoms with Crippen molar-refractivity contribution in [3.63, 3.8) is 0 Å². The molecule has 76 valence electrons. The van der Waals surface area contributed by atoms with Gasteiger partial charge in [-0.05, 0) is 31.0 Å². The fourth-order valence-corrected chi connectivity index (χ4v) is 1.76. The van der Waals surface area contributed by atoms with E-state index in [0.29, 0.717) is 16.8 Å². The van der Waals surface area contributed by atoms with Crippen molar-refractivity contribution >= 4 is 17.3 Å². The Morgan fingerprint density at radius 1 is 1.43 bits per heavy atom. The first-order valence-electron chi connectivity index (χ1n) is 4.62. The molecule has 3 N–H and O–H groups in total. The SMILES string of the molecule is NC1CC(Nc2ccc(Cl)cc2F)C1. The van der Waals surface area contributed by atoms with Gasteiger partial charge < -0.3 is 11.1 Å². The van der Waals surface area contributed by atoms with Crippen molar-refractivity contribution < 1.29 is 4.39 Å². The quantitative estimate of drug-likeness (QED) is 0.794. The molecule has 0 heterocycles. The second-order valence-electron chi connectivity index (χ2n) is 3.70. The van der Waals surface area contributed by atoms with E-state index in [0.717, 1.165) is 12.8 Å². The van der Waals surface area contributed by atoms with Crippen LogP contribution in [-0.2, 0) is 0 Å². The van der Waals surface area contributed by atoms with Gasteiger partial charge in [0.25, 0.3) is 0 Å². The lowest BCUT2D eigenvalue weighted by Gasteiger charge is -2.33. The monoisotopic (exact) mass is 214 g/mol. The second kappa shape index (κ2) is 3.75. The van der Waals surface area contributed by atoms with Crippen molar-refractivity contribution in [3.8, 4) is 0 Å². The fourth-order valence-electron chi connectivity index (χ4n) is 1.61. The Morgan fingerprint density at radius 3 is 2.71 bits per heavy atom. The van der Waals surface area contributed by atoms with Crippen molar-refractivity contribution in [2.45, 2.75) is 24.9 Å². The Bertz CT molecular complexity index is 337. The Kier molecular flexibility index (Phi) is 2.61. The molecule has 2 nitrogen and oxygen atoms in total. The van der Waals surface area contributed by atoms with Crippen molar-refractivity contribution in [2.24, 2.45) is 5.73 Å². The van der Waals surface area contributed by atoms with E-state index in [9.17, 15) is 4.39 Å². The molecule has 0 atom stereocenters. The van der Waals surface area contributed by atoms with Crippen molar-refractivity contribution in [1.29, 1.82) is 0 Å². The molecule has 1 aliphatic carbocycles. The van der Waals surface area contributed by atoms with E-state index in [1.54, 1.807) is 12.1 Å². The van der Waals surface area contributed by atoms with Crippen LogP contribution in [0.2, 0.25) is 5.02 Å². The number of nitrogens with two attached hydrogens (primary N) is 1. The van der Waals surface area contributed by atoms with Crippen LogP contribution in [0.15, 0.2) is 18.2 Å². The Labute approximate surface area is 87.2 Å². The largest absolute Gasteiger partial charge is 0.380 e. The summed E-state index contributed by atoms with van der Waals surface area (Å²) in [5.74, 6) is -0.307. The second-order valence-corrected chi connectivity index (χ2v) is 4.13. The average molecular weight is 215 g/mol. The maximum Gasteiger partial charge on any atom is 0.147 e. The zero-order chi connectivity index (χ0) is 10.1. The predicted molar refractivity (Wildman–Crippen MR) is 56.0 cm³/mol. The lowest BCUT2D eigenvalue weighted by Crippen LogP contribution is -2.44. The summed E-state index contributed by atoms with van der Waals surface area (Å²) in [6.07, 6.45) is 1.81. The van der Waals surface area contributed by atoms with Gasteiger partial charge in [0.15, 0.2) is 0 Å². The molecule has 0 aromatic heterocycles. The lowest BCUT2D eigenvalue weighted by molar-refractivity contribution is 0.372. The predicted octanol–water partition coefficient (Wildman–Crippen LogP) is 2.38. The number of benzene rings is 1. The maximum absolute atomic E-state index is 13.3. The van der Waals surface area contributed by atoms with Crippen LogP contribution in [0.25, 0.3) is 0 Å². The van der Waals surface area contributed by atoms with Gasteiger partial charge in [0, 0.05) is 17.1 Å². The van der Waals surface area contributed by atoms with E-state index in [-0.39, 0.29) is 11.9 Å². The van der Waals surface area contributed by atoms with Crippen LogP contribution >= 0.6 is 11.6 Å². The topological polar surface area (TPSA) is 38.0 Å². The van der Waals surface area contributed by atoms with E-state index in [4.69, 9.17) is 17.3 Å². The van der Waals surface area contributed by atoms with Gasteiger partial charge in [-0.15, -0.1) is 0 Å². The molecule has 1 fully saturated rings. The number of halogens is 2. The molecule has 0 unspecified atom stereocenters. The minimum atomic E-state index is -0.307. The summed E-state index contributed by atoms with van der Waals surface area (Å²) in [6.45, 7) is 0. The van der Waals surface area contributed by atoms with Gasteiger partial charge in [-0.2, -0.15) is 0 Å². The van der Waals surface area contributed by atoms with Gasteiger partial charge in [-0.25, -0.2) is 4.39 Å². The highest BCUT2D eigenvalue weighted by Gasteiger charge is 2.26. The zero-order valence-corrected chi connectivity index (χ0v) is 8.39. The van der Waals surface area contributed by atoms with E-state index in [1.807, 2.05) is 0 Å². The summed E-state index contributed by atoms with van der Waals surface area (Å²) in [7, 11) is 0. The number of hydrogen-bond donors (Lipinski definition) is 2. The third kappa shape index (κ3) is 1.99. The van der Waals surface area contributed by atoms with Gasteiger partial charge >= 0.3 is 0 Å². The van der Waals surface area contributed by atoms with Crippen LogP contribution < -0.4 is 11.1 Å². The summed E-state index contributed by atoms with van der Waals surface area (Å²) in [5, 5.41) is 3.51. The first-order valence-corrected chi connectivity index (χ1v) is 5.00. The molecule has 14 heavy (non-hydrogen) atoms. The number of nitrogens with one attached hydrogen (secondary N) is 1. The molecule has 2 rings (SSSR count). The van der Waals surface area contributed by atoms with E-state index < -0.39 is 0 Å². The first-order chi connectivity index (χ1) is 6.65. The summed E-state index contributed by atoms with van der Waals surface area (Å²) in [4.78, 5) is 0. The number of rotatable bonds is 2. The summed E-state index contributed by atoms with van der Waals surface area (Å²) < 4.78 is 13.3. The molecule has 1 aliphatic rings. The molecule has 0 radical (unpaired) electrons. The minimum Gasteiger partial charge on any atom is -0.380 e. The molecule has 1 saturated carbocycles. The third-order valence-electron chi connectivity index (χ3n) is 2.47. The van der Waals surface area contributed by atoms with Crippen LogP contribution in [0.3, 0.4) is 0 Å². The Balaban J connectivity index is 2.02. The van der Waals surface area contributed by atoms with Gasteiger partial charge in [0.1, 0.15) is 5.82 Å². The molecule has 4 heteroatoms. The molecular formula is C10H12ClFN2. The third-order valence-corrected chi connectivity index (χ3v) is 2.70. The van der Waals surface area contributed by atoms with Crippen LogP contribution in [0.5, 0.6) is 0 Å². The molecule has 0 bridgehead atoms. The van der Waals surface area contributed by atoms with E-state index in [2.05, 4.69) is 5.32 Å². The van der Waals surface area contributed by atoms with E-state index >= 15 is 0 Å². The van der Waals surface area contributed by atoms with Gasteiger partial charge in [-0.1, -0.05) is 11.6 Å².